The van der Waals surface area contributed by atoms with Gasteiger partial charge in [-0.2, -0.15) is 0 Å². The fraction of sp³-hybridized carbons (Fsp3) is 0.920. The summed E-state index contributed by atoms with van der Waals surface area (Å²) in [5.74, 6) is 0.121. The molecule has 0 aliphatic heterocycles. The zero-order valence-electron chi connectivity index (χ0n) is 18.4. The Kier molecular flexibility index (Phi) is 5.05. The second-order valence-corrected chi connectivity index (χ2v) is 11.5. The van der Waals surface area contributed by atoms with Gasteiger partial charge in [0, 0.05) is 12.8 Å². The van der Waals surface area contributed by atoms with Gasteiger partial charge in [0.05, 0.1) is 5.60 Å². The van der Waals surface area contributed by atoms with Crippen LogP contribution in [0, 0.1) is 34.5 Å². The van der Waals surface area contributed by atoms with E-state index in [1.54, 1.807) is 6.92 Å². The lowest BCUT2D eigenvalue weighted by atomic mass is 9.46. The second-order valence-electron chi connectivity index (χ2n) is 11.5. The zero-order chi connectivity index (χ0) is 20.4. The topological polar surface area (TPSA) is 20.2 Å². The van der Waals surface area contributed by atoms with Gasteiger partial charge < -0.3 is 5.11 Å². The molecule has 3 fully saturated rings. The third kappa shape index (κ3) is 3.28. The predicted molar refractivity (Wildman–Crippen MR) is 110 cm³/mol. The average Bonchev–Trinajstić information content (AvgIpc) is 2.97. The molecular weight excluding hydrogens is 354 g/mol. The molecule has 0 bridgehead atoms. The summed E-state index contributed by atoms with van der Waals surface area (Å²) >= 11 is 0. The van der Waals surface area contributed by atoms with E-state index >= 15 is 0 Å². The van der Waals surface area contributed by atoms with Crippen LogP contribution >= 0.6 is 0 Å². The van der Waals surface area contributed by atoms with Crippen molar-refractivity contribution in [3.05, 3.63) is 11.6 Å². The van der Waals surface area contributed by atoms with Crippen molar-refractivity contribution in [3.8, 4) is 0 Å². The summed E-state index contributed by atoms with van der Waals surface area (Å²) in [6.07, 6.45) is 12.0. The Balaban J connectivity index is 1.53. The molecule has 0 aromatic rings. The normalized spacial score (nSPS) is 48.5. The van der Waals surface area contributed by atoms with E-state index in [9.17, 15) is 13.9 Å². The van der Waals surface area contributed by atoms with E-state index in [2.05, 4.69) is 19.9 Å². The van der Waals surface area contributed by atoms with Crippen molar-refractivity contribution >= 4 is 0 Å². The van der Waals surface area contributed by atoms with Gasteiger partial charge in [0.25, 0.3) is 0 Å². The largest absolute Gasteiger partial charge is 0.390 e. The molecule has 160 valence electrons. The molecule has 0 saturated heterocycles. The molecule has 4 rings (SSSR count). The first-order chi connectivity index (χ1) is 13.0. The van der Waals surface area contributed by atoms with E-state index in [-0.39, 0.29) is 23.7 Å². The van der Waals surface area contributed by atoms with Gasteiger partial charge in [-0.1, -0.05) is 32.4 Å². The molecule has 0 spiro atoms. The van der Waals surface area contributed by atoms with Crippen LogP contribution in [0.2, 0.25) is 0 Å². The van der Waals surface area contributed by atoms with Crippen LogP contribution in [-0.2, 0) is 0 Å². The lowest BCUT2D eigenvalue weighted by molar-refractivity contribution is -0.0709. The Morgan fingerprint density at radius 1 is 1.07 bits per heavy atom. The van der Waals surface area contributed by atoms with E-state index in [4.69, 9.17) is 0 Å². The van der Waals surface area contributed by atoms with Crippen LogP contribution < -0.4 is 0 Å². The number of fused-ring (bicyclic) bond motifs is 5. The molecule has 0 heterocycles. The maximum absolute atomic E-state index is 13.9. The number of hydrogen-bond donors (Lipinski definition) is 1. The van der Waals surface area contributed by atoms with Gasteiger partial charge in [-0.05, 0) is 99.2 Å². The fourth-order valence-electron chi connectivity index (χ4n) is 7.95. The van der Waals surface area contributed by atoms with Crippen molar-refractivity contribution in [3.63, 3.8) is 0 Å². The van der Waals surface area contributed by atoms with Gasteiger partial charge in [0.1, 0.15) is 0 Å². The van der Waals surface area contributed by atoms with E-state index in [0.29, 0.717) is 24.2 Å². The molecule has 0 amide bonds. The van der Waals surface area contributed by atoms with Crippen molar-refractivity contribution in [2.24, 2.45) is 34.5 Å². The van der Waals surface area contributed by atoms with Crippen molar-refractivity contribution in [1.29, 1.82) is 0 Å². The number of hydrogen-bond acceptors (Lipinski definition) is 1. The summed E-state index contributed by atoms with van der Waals surface area (Å²) in [5, 5.41) is 10.6. The van der Waals surface area contributed by atoms with Gasteiger partial charge in [0.15, 0.2) is 0 Å². The molecule has 1 nitrogen and oxygen atoms in total. The van der Waals surface area contributed by atoms with Crippen LogP contribution in [0.5, 0.6) is 0 Å². The maximum atomic E-state index is 13.9. The first kappa shape index (κ1) is 20.8. The number of halogens is 2. The molecular formula is C25H40F2O. The van der Waals surface area contributed by atoms with Gasteiger partial charge >= 0.3 is 0 Å². The van der Waals surface area contributed by atoms with Crippen molar-refractivity contribution in [1.82, 2.24) is 0 Å². The number of alkyl halides is 2. The van der Waals surface area contributed by atoms with Crippen LogP contribution in [0.1, 0.15) is 98.3 Å². The molecule has 0 radical (unpaired) electrons. The summed E-state index contributed by atoms with van der Waals surface area (Å²) in [6, 6.07) is 0. The smallest absolute Gasteiger partial charge is 0.247 e. The van der Waals surface area contributed by atoms with Crippen LogP contribution in [0.4, 0.5) is 8.78 Å². The van der Waals surface area contributed by atoms with Crippen LogP contribution in [0.3, 0.4) is 0 Å². The lowest BCUT2D eigenvalue weighted by Gasteiger charge is -2.59. The number of aliphatic hydroxyl groups is 1. The highest BCUT2D eigenvalue weighted by Crippen LogP contribution is 2.67. The van der Waals surface area contributed by atoms with Gasteiger partial charge in [0.2, 0.25) is 5.92 Å². The highest BCUT2D eigenvalue weighted by atomic mass is 19.3. The minimum absolute atomic E-state index is 0.0275. The SMILES string of the molecule is CCC(F)(F)CCC1CCC2C3CC=C4C[C@@](C)(O)CCC4(C)C3CCC12C. The quantitative estimate of drug-likeness (QED) is 0.502. The molecule has 3 heteroatoms. The first-order valence-corrected chi connectivity index (χ1v) is 11.8. The van der Waals surface area contributed by atoms with E-state index < -0.39 is 11.5 Å². The van der Waals surface area contributed by atoms with E-state index in [1.807, 2.05) is 6.92 Å². The molecule has 0 aromatic heterocycles. The minimum Gasteiger partial charge on any atom is -0.390 e. The Morgan fingerprint density at radius 2 is 1.82 bits per heavy atom. The predicted octanol–water partition coefficient (Wildman–Crippen LogP) is 7.14. The highest BCUT2D eigenvalue weighted by molar-refractivity contribution is 5.26. The highest BCUT2D eigenvalue weighted by Gasteiger charge is 2.59. The third-order valence-electron chi connectivity index (χ3n) is 9.95. The Bertz CT molecular complexity index is 638. The van der Waals surface area contributed by atoms with Crippen molar-refractivity contribution < 1.29 is 13.9 Å². The third-order valence-corrected chi connectivity index (χ3v) is 9.95. The first-order valence-electron chi connectivity index (χ1n) is 11.8. The molecule has 0 aromatic carbocycles. The molecule has 28 heavy (non-hydrogen) atoms. The standard InChI is InChI=1S/C25H40F2O/c1-5-25(26,27)13-10-17-7-9-20-19-8-6-18-16-22(2,28)14-15-24(18,4)21(19)11-12-23(17,20)3/h6,17,19-21,28H,5,7-16H2,1-4H3/t17?,19?,20?,21?,22-,23?,24?/m0/s1. The second kappa shape index (κ2) is 6.79. The van der Waals surface area contributed by atoms with Crippen LogP contribution in [0.25, 0.3) is 0 Å². The zero-order valence-corrected chi connectivity index (χ0v) is 18.4. The summed E-state index contributed by atoms with van der Waals surface area (Å²) in [4.78, 5) is 0. The molecule has 1 N–H and O–H groups in total. The Labute approximate surface area is 170 Å². The van der Waals surface area contributed by atoms with Crippen molar-refractivity contribution in [2.75, 3.05) is 0 Å². The van der Waals surface area contributed by atoms with Gasteiger partial charge in [-0.3, -0.25) is 0 Å². The van der Waals surface area contributed by atoms with E-state index in [1.165, 1.54) is 24.8 Å². The molecule has 4 aliphatic carbocycles. The monoisotopic (exact) mass is 394 g/mol. The lowest BCUT2D eigenvalue weighted by Crippen LogP contribution is -2.51. The minimum atomic E-state index is -2.49. The fourth-order valence-corrected chi connectivity index (χ4v) is 7.95. The maximum Gasteiger partial charge on any atom is 0.247 e. The average molecular weight is 395 g/mol. The van der Waals surface area contributed by atoms with Crippen LogP contribution in [0.15, 0.2) is 11.6 Å². The Morgan fingerprint density at radius 3 is 2.54 bits per heavy atom. The molecule has 4 aliphatic rings. The number of rotatable bonds is 4. The summed E-state index contributed by atoms with van der Waals surface area (Å²) in [5.41, 5.74) is 1.47. The Hall–Kier alpha value is -0.440. The summed E-state index contributed by atoms with van der Waals surface area (Å²) < 4.78 is 27.8. The number of allylic oxidation sites excluding steroid dienone is 1. The van der Waals surface area contributed by atoms with E-state index in [0.717, 1.165) is 38.0 Å². The molecule has 7 atom stereocenters. The summed E-state index contributed by atoms with van der Waals surface area (Å²) in [7, 11) is 0. The van der Waals surface area contributed by atoms with Gasteiger partial charge in [-0.25, -0.2) is 8.78 Å². The van der Waals surface area contributed by atoms with Crippen LogP contribution in [-0.4, -0.2) is 16.6 Å². The van der Waals surface area contributed by atoms with Gasteiger partial charge in [-0.15, -0.1) is 0 Å². The molecule has 3 saturated carbocycles. The van der Waals surface area contributed by atoms with Crippen molar-refractivity contribution in [2.45, 2.75) is 110 Å². The molecule has 6 unspecified atom stereocenters. The summed E-state index contributed by atoms with van der Waals surface area (Å²) in [6.45, 7) is 8.49.